The summed E-state index contributed by atoms with van der Waals surface area (Å²) in [5.74, 6) is 0.651. The number of hydrogen-bond acceptors (Lipinski definition) is 6. The largest absolute Gasteiger partial charge is 0.395 e. The van der Waals surface area contributed by atoms with Crippen molar-refractivity contribution in [3.63, 3.8) is 0 Å². The predicted octanol–water partition coefficient (Wildman–Crippen LogP) is 1.95. The van der Waals surface area contributed by atoms with E-state index in [-0.39, 0.29) is 19.0 Å². The van der Waals surface area contributed by atoms with Gasteiger partial charge in [0.05, 0.1) is 31.1 Å². The average Bonchev–Trinajstić information content (AvgIpc) is 3.24. The number of benzene rings is 1. The number of aliphatic hydroxyl groups excluding tert-OH is 1. The minimum Gasteiger partial charge on any atom is -0.395 e. The third kappa shape index (κ3) is 3.24. The highest BCUT2D eigenvalue weighted by Gasteiger charge is 2.10. The summed E-state index contributed by atoms with van der Waals surface area (Å²) in [5, 5.41) is 17.0. The predicted molar refractivity (Wildman–Crippen MR) is 93.4 cm³/mol. The van der Waals surface area contributed by atoms with Gasteiger partial charge < -0.3 is 15.0 Å². The van der Waals surface area contributed by atoms with E-state index in [4.69, 9.17) is 5.11 Å². The van der Waals surface area contributed by atoms with Gasteiger partial charge in [0.2, 0.25) is 5.95 Å². The van der Waals surface area contributed by atoms with Gasteiger partial charge in [-0.3, -0.25) is 0 Å². The maximum absolute atomic E-state index is 13.9. The molecule has 0 amide bonds. The van der Waals surface area contributed by atoms with E-state index in [1.165, 1.54) is 6.07 Å². The Labute approximate surface area is 148 Å². The van der Waals surface area contributed by atoms with Gasteiger partial charge in [-0.05, 0) is 6.07 Å². The second kappa shape index (κ2) is 6.89. The fraction of sp³-hybridized carbons (Fsp3) is 0.176. The molecule has 8 nitrogen and oxygen atoms in total. The molecule has 26 heavy (non-hydrogen) atoms. The van der Waals surface area contributed by atoms with Gasteiger partial charge in [-0.15, -0.1) is 0 Å². The van der Waals surface area contributed by atoms with Crippen LogP contribution in [0.5, 0.6) is 0 Å². The Morgan fingerprint density at radius 2 is 2.04 bits per heavy atom. The van der Waals surface area contributed by atoms with Gasteiger partial charge in [0.15, 0.2) is 11.5 Å². The molecule has 2 N–H and O–H groups in total. The molecule has 0 saturated carbocycles. The number of nitrogens with zero attached hydrogens (tertiary/aromatic N) is 6. The van der Waals surface area contributed by atoms with E-state index in [0.29, 0.717) is 29.5 Å². The number of nitrogens with one attached hydrogen (secondary N) is 1. The number of rotatable bonds is 6. The molecule has 3 heterocycles. The van der Waals surface area contributed by atoms with Crippen LogP contribution in [0.25, 0.3) is 11.0 Å². The summed E-state index contributed by atoms with van der Waals surface area (Å²) in [6.45, 7) is 0.773. The van der Waals surface area contributed by atoms with Crippen molar-refractivity contribution in [2.24, 2.45) is 0 Å². The molecular formula is C17H16FN7O. The molecule has 0 atom stereocenters. The Balaban J connectivity index is 1.60. The fourth-order valence-electron chi connectivity index (χ4n) is 2.61. The molecule has 0 radical (unpaired) electrons. The van der Waals surface area contributed by atoms with E-state index in [0.717, 1.165) is 5.39 Å². The highest BCUT2D eigenvalue weighted by Crippen LogP contribution is 2.17. The summed E-state index contributed by atoms with van der Waals surface area (Å²) in [6, 6.07) is 6.58. The normalized spacial score (nSPS) is 11.2. The smallest absolute Gasteiger partial charge is 0.230 e. The van der Waals surface area contributed by atoms with Crippen molar-refractivity contribution in [2.75, 3.05) is 11.9 Å². The molecule has 1 aromatic carbocycles. The Hall–Kier alpha value is -3.33. The number of aliphatic hydroxyl groups is 1. The van der Waals surface area contributed by atoms with E-state index < -0.39 is 0 Å². The Kier molecular flexibility index (Phi) is 4.28. The lowest BCUT2D eigenvalue weighted by Crippen LogP contribution is -2.06. The lowest BCUT2D eigenvalue weighted by atomic mass is 10.2. The summed E-state index contributed by atoms with van der Waals surface area (Å²) >= 11 is 0. The molecule has 3 aromatic heterocycles. The molecule has 0 aliphatic heterocycles. The summed E-state index contributed by atoms with van der Waals surface area (Å²) in [7, 11) is 0. The van der Waals surface area contributed by atoms with Gasteiger partial charge in [0, 0.05) is 24.5 Å². The maximum atomic E-state index is 13.9. The van der Waals surface area contributed by atoms with Gasteiger partial charge in [-0.1, -0.05) is 18.2 Å². The standard InChI is InChI=1S/C17H16FN7O/c18-14-4-2-1-3-12(14)9-25-16-13(8-21-25)7-19-17(23-16)22-15-10-24(5-6-26)11-20-15/h1-4,7-8,10-11,26H,5-6,9H2,(H,19,22,23). The third-order valence-electron chi connectivity index (χ3n) is 3.89. The number of hydrogen-bond donors (Lipinski definition) is 2. The molecule has 0 spiro atoms. The first kappa shape index (κ1) is 16.2. The molecule has 0 bridgehead atoms. The second-order valence-corrected chi connectivity index (χ2v) is 5.71. The van der Waals surface area contributed by atoms with Crippen molar-refractivity contribution >= 4 is 22.8 Å². The Bertz CT molecular complexity index is 1040. The average molecular weight is 353 g/mol. The van der Waals surface area contributed by atoms with Crippen LogP contribution in [-0.2, 0) is 13.1 Å². The van der Waals surface area contributed by atoms with Crippen molar-refractivity contribution < 1.29 is 9.50 Å². The zero-order valence-corrected chi connectivity index (χ0v) is 13.7. The third-order valence-corrected chi connectivity index (χ3v) is 3.89. The van der Waals surface area contributed by atoms with Crippen LogP contribution in [-0.4, -0.2) is 41.0 Å². The van der Waals surface area contributed by atoms with Crippen LogP contribution in [0.3, 0.4) is 0 Å². The van der Waals surface area contributed by atoms with E-state index in [2.05, 4.69) is 25.4 Å². The monoisotopic (exact) mass is 353 g/mol. The van der Waals surface area contributed by atoms with Crippen molar-refractivity contribution in [1.29, 1.82) is 0 Å². The molecule has 0 aliphatic rings. The van der Waals surface area contributed by atoms with Crippen LogP contribution in [0.2, 0.25) is 0 Å². The first-order valence-electron chi connectivity index (χ1n) is 8.04. The number of anilines is 2. The van der Waals surface area contributed by atoms with Crippen molar-refractivity contribution in [1.82, 2.24) is 29.3 Å². The Morgan fingerprint density at radius 3 is 2.88 bits per heavy atom. The molecule has 132 valence electrons. The summed E-state index contributed by atoms with van der Waals surface area (Å²) < 4.78 is 17.3. The molecule has 9 heteroatoms. The molecule has 0 unspecified atom stereocenters. The minimum absolute atomic E-state index is 0.0352. The minimum atomic E-state index is -0.280. The lowest BCUT2D eigenvalue weighted by Gasteiger charge is -2.06. The Morgan fingerprint density at radius 1 is 1.15 bits per heavy atom. The maximum Gasteiger partial charge on any atom is 0.230 e. The van der Waals surface area contributed by atoms with E-state index in [1.54, 1.807) is 52.4 Å². The zero-order chi connectivity index (χ0) is 17.9. The van der Waals surface area contributed by atoms with Crippen molar-refractivity contribution in [3.8, 4) is 0 Å². The molecule has 0 aliphatic carbocycles. The van der Waals surface area contributed by atoms with Crippen LogP contribution in [0.1, 0.15) is 5.56 Å². The molecule has 4 rings (SSSR count). The number of aromatic nitrogens is 6. The highest BCUT2D eigenvalue weighted by molar-refractivity contribution is 5.75. The SMILES string of the molecule is OCCn1cnc(Nc2ncc3cnn(Cc4ccccc4F)c3n2)c1. The van der Waals surface area contributed by atoms with E-state index in [9.17, 15) is 4.39 Å². The zero-order valence-electron chi connectivity index (χ0n) is 13.7. The second-order valence-electron chi connectivity index (χ2n) is 5.71. The first-order chi connectivity index (χ1) is 12.7. The van der Waals surface area contributed by atoms with Crippen LogP contribution >= 0.6 is 0 Å². The van der Waals surface area contributed by atoms with Crippen LogP contribution in [0, 0.1) is 5.82 Å². The summed E-state index contributed by atoms with van der Waals surface area (Å²) in [5.41, 5.74) is 1.13. The molecule has 0 saturated heterocycles. The van der Waals surface area contributed by atoms with Gasteiger partial charge in [-0.25, -0.2) is 19.0 Å². The summed E-state index contributed by atoms with van der Waals surface area (Å²) in [4.78, 5) is 12.9. The van der Waals surface area contributed by atoms with Gasteiger partial charge in [0.25, 0.3) is 0 Å². The lowest BCUT2D eigenvalue weighted by molar-refractivity contribution is 0.276. The first-order valence-corrected chi connectivity index (χ1v) is 8.04. The van der Waals surface area contributed by atoms with E-state index >= 15 is 0 Å². The highest BCUT2D eigenvalue weighted by atomic mass is 19.1. The molecular weight excluding hydrogens is 337 g/mol. The van der Waals surface area contributed by atoms with Gasteiger partial charge in [0.1, 0.15) is 5.82 Å². The number of fused-ring (bicyclic) bond motifs is 1. The van der Waals surface area contributed by atoms with Crippen LogP contribution in [0.15, 0.2) is 49.2 Å². The van der Waals surface area contributed by atoms with Gasteiger partial charge >= 0.3 is 0 Å². The number of imidazole rings is 1. The van der Waals surface area contributed by atoms with Crippen LogP contribution in [0.4, 0.5) is 16.2 Å². The van der Waals surface area contributed by atoms with Crippen LogP contribution < -0.4 is 5.32 Å². The molecule has 0 fully saturated rings. The number of halogens is 1. The fourth-order valence-corrected chi connectivity index (χ4v) is 2.61. The quantitative estimate of drug-likeness (QED) is 0.550. The van der Waals surface area contributed by atoms with E-state index in [1.807, 2.05) is 0 Å². The van der Waals surface area contributed by atoms with Crippen molar-refractivity contribution in [3.05, 3.63) is 60.6 Å². The van der Waals surface area contributed by atoms with Crippen molar-refractivity contribution in [2.45, 2.75) is 13.1 Å². The van der Waals surface area contributed by atoms with Gasteiger partial charge in [-0.2, -0.15) is 10.1 Å². The topological polar surface area (TPSA) is 93.7 Å². The summed E-state index contributed by atoms with van der Waals surface area (Å²) in [6.07, 6.45) is 6.66. The molecule has 4 aromatic rings.